The van der Waals surface area contributed by atoms with Gasteiger partial charge in [0.15, 0.2) is 17.3 Å². The molecule has 2 aromatic heterocycles. The molecule has 0 aliphatic rings. The van der Waals surface area contributed by atoms with E-state index in [1.807, 2.05) is 0 Å². The Morgan fingerprint density at radius 3 is 2.70 bits per heavy atom. The molecule has 2 aromatic rings. The maximum Gasteiger partial charge on any atom is 0.433 e. The highest BCUT2D eigenvalue weighted by Gasteiger charge is 2.15. The molecule has 2 heterocycles. The monoisotopic (exact) mass is 278 g/mol. The molecule has 1 amide bonds. The number of carbonyl (C=O) groups is 1. The van der Waals surface area contributed by atoms with E-state index < -0.39 is 16.9 Å². The van der Waals surface area contributed by atoms with Gasteiger partial charge in [-0.25, -0.2) is 14.8 Å². The summed E-state index contributed by atoms with van der Waals surface area (Å²) in [7, 11) is 0. The molecule has 0 radical (unpaired) electrons. The van der Waals surface area contributed by atoms with E-state index in [0.717, 1.165) is 0 Å². The number of nitro groups is 1. The van der Waals surface area contributed by atoms with Gasteiger partial charge in [0.1, 0.15) is 4.92 Å². The summed E-state index contributed by atoms with van der Waals surface area (Å²) in [5, 5.41) is 12.9. The van der Waals surface area contributed by atoms with E-state index in [9.17, 15) is 14.9 Å². The van der Waals surface area contributed by atoms with Gasteiger partial charge in [-0.2, -0.15) is 0 Å². The second-order valence-electron chi connectivity index (χ2n) is 3.56. The molecule has 9 nitrogen and oxygen atoms in total. The number of furan rings is 1. The van der Waals surface area contributed by atoms with Gasteiger partial charge in [0, 0.05) is 6.54 Å². The fourth-order valence-corrected chi connectivity index (χ4v) is 1.33. The van der Waals surface area contributed by atoms with Crippen molar-refractivity contribution in [3.8, 4) is 17.3 Å². The summed E-state index contributed by atoms with van der Waals surface area (Å²) in [6.07, 6.45) is 1.93. The van der Waals surface area contributed by atoms with Gasteiger partial charge in [-0.1, -0.05) is 0 Å². The van der Waals surface area contributed by atoms with Gasteiger partial charge in [0.05, 0.1) is 18.5 Å². The lowest BCUT2D eigenvalue weighted by Crippen LogP contribution is -2.26. The number of carbonyl (C=O) groups excluding carboxylic acids is 1. The van der Waals surface area contributed by atoms with Crippen LogP contribution < -0.4 is 10.1 Å². The average molecular weight is 278 g/mol. The highest BCUT2D eigenvalue weighted by Crippen LogP contribution is 2.23. The molecule has 0 saturated heterocycles. The molecule has 0 atom stereocenters. The summed E-state index contributed by atoms with van der Waals surface area (Å²) < 4.78 is 9.82. The van der Waals surface area contributed by atoms with E-state index in [0.29, 0.717) is 6.54 Å². The van der Waals surface area contributed by atoms with Crippen LogP contribution in [0.25, 0.3) is 11.6 Å². The molecular formula is C11H10N4O5. The zero-order valence-electron chi connectivity index (χ0n) is 10.4. The summed E-state index contributed by atoms with van der Waals surface area (Å²) >= 11 is 0. The first kappa shape index (κ1) is 13.5. The van der Waals surface area contributed by atoms with Crippen molar-refractivity contribution in [1.82, 2.24) is 15.3 Å². The van der Waals surface area contributed by atoms with Crippen LogP contribution in [0.2, 0.25) is 0 Å². The SMILES string of the molecule is CCNC(=O)Oc1cnc(-c2ccc([N+](=O)[O-])o2)nc1. The van der Waals surface area contributed by atoms with Crippen LogP contribution in [0.15, 0.2) is 28.9 Å². The average Bonchev–Trinajstić information content (AvgIpc) is 2.89. The van der Waals surface area contributed by atoms with E-state index in [2.05, 4.69) is 15.3 Å². The molecular weight excluding hydrogens is 268 g/mol. The van der Waals surface area contributed by atoms with Gasteiger partial charge in [-0.3, -0.25) is 10.1 Å². The number of hydrogen-bond donors (Lipinski definition) is 1. The first-order chi connectivity index (χ1) is 9.60. The summed E-state index contributed by atoms with van der Waals surface area (Å²) in [6.45, 7) is 2.19. The Labute approximate surface area is 112 Å². The van der Waals surface area contributed by atoms with Crippen LogP contribution in [0.5, 0.6) is 5.75 Å². The topological polar surface area (TPSA) is 120 Å². The molecule has 2 rings (SSSR count). The minimum absolute atomic E-state index is 0.153. The van der Waals surface area contributed by atoms with E-state index >= 15 is 0 Å². The highest BCUT2D eigenvalue weighted by molar-refractivity contribution is 5.70. The number of ether oxygens (including phenoxy) is 1. The van der Waals surface area contributed by atoms with Gasteiger partial charge in [-0.05, 0) is 13.0 Å². The molecule has 0 unspecified atom stereocenters. The molecule has 0 spiro atoms. The van der Waals surface area contributed by atoms with E-state index in [4.69, 9.17) is 9.15 Å². The van der Waals surface area contributed by atoms with E-state index in [-0.39, 0.29) is 17.3 Å². The lowest BCUT2D eigenvalue weighted by atomic mass is 10.4. The Kier molecular flexibility index (Phi) is 3.89. The van der Waals surface area contributed by atoms with Crippen LogP contribution in [-0.4, -0.2) is 27.5 Å². The largest absolute Gasteiger partial charge is 0.433 e. The Bertz CT molecular complexity index is 622. The molecule has 104 valence electrons. The van der Waals surface area contributed by atoms with Crippen molar-refractivity contribution in [2.75, 3.05) is 6.54 Å². The quantitative estimate of drug-likeness (QED) is 0.667. The fourth-order valence-electron chi connectivity index (χ4n) is 1.33. The zero-order valence-corrected chi connectivity index (χ0v) is 10.4. The van der Waals surface area contributed by atoms with Crippen LogP contribution in [0.3, 0.4) is 0 Å². The summed E-state index contributed by atoms with van der Waals surface area (Å²) in [6, 6.07) is 2.59. The van der Waals surface area contributed by atoms with Gasteiger partial charge >= 0.3 is 12.0 Å². The van der Waals surface area contributed by atoms with Crippen molar-refractivity contribution in [3.05, 3.63) is 34.6 Å². The Balaban J connectivity index is 2.11. The maximum atomic E-state index is 11.2. The van der Waals surface area contributed by atoms with E-state index in [1.54, 1.807) is 6.92 Å². The molecule has 0 aliphatic heterocycles. The van der Waals surface area contributed by atoms with Crippen molar-refractivity contribution < 1.29 is 18.9 Å². The summed E-state index contributed by atoms with van der Waals surface area (Å²) in [5.41, 5.74) is 0. The summed E-state index contributed by atoms with van der Waals surface area (Å²) in [4.78, 5) is 28.8. The second kappa shape index (κ2) is 5.78. The minimum Gasteiger partial charge on any atom is -0.407 e. The summed E-state index contributed by atoms with van der Waals surface area (Å²) in [5.74, 6) is 0.0645. The van der Waals surface area contributed by atoms with Gasteiger partial charge < -0.3 is 14.5 Å². The Hall–Kier alpha value is -2.97. The van der Waals surface area contributed by atoms with Crippen molar-refractivity contribution >= 4 is 12.0 Å². The van der Waals surface area contributed by atoms with Crippen molar-refractivity contribution in [3.63, 3.8) is 0 Å². The highest BCUT2D eigenvalue weighted by atomic mass is 16.6. The van der Waals surface area contributed by atoms with Crippen LogP contribution >= 0.6 is 0 Å². The van der Waals surface area contributed by atoms with Gasteiger partial charge in [-0.15, -0.1) is 0 Å². The standard InChI is InChI=1S/C11H10N4O5/c1-2-12-11(16)19-7-5-13-10(14-6-7)8-3-4-9(20-8)15(17)18/h3-6H,2H2,1H3,(H,12,16). The number of rotatable bonds is 4. The molecule has 1 N–H and O–H groups in total. The fraction of sp³-hybridized carbons (Fsp3) is 0.182. The predicted octanol–water partition coefficient (Wildman–Crippen LogP) is 1.75. The number of hydrogen-bond acceptors (Lipinski definition) is 7. The predicted molar refractivity (Wildman–Crippen MR) is 66.1 cm³/mol. The molecule has 0 saturated carbocycles. The second-order valence-corrected chi connectivity index (χ2v) is 3.56. The smallest absolute Gasteiger partial charge is 0.407 e. The molecule has 0 bridgehead atoms. The third kappa shape index (κ3) is 3.07. The molecule has 0 aromatic carbocycles. The van der Waals surface area contributed by atoms with Crippen LogP contribution in [0, 0.1) is 10.1 Å². The zero-order chi connectivity index (χ0) is 14.5. The third-order valence-electron chi connectivity index (χ3n) is 2.15. The molecule has 0 fully saturated rings. The Morgan fingerprint density at radius 2 is 2.15 bits per heavy atom. The lowest BCUT2D eigenvalue weighted by Gasteiger charge is -2.03. The molecule has 9 heteroatoms. The van der Waals surface area contributed by atoms with Crippen molar-refractivity contribution in [1.29, 1.82) is 0 Å². The van der Waals surface area contributed by atoms with Crippen LogP contribution in [-0.2, 0) is 0 Å². The molecule has 0 aliphatic carbocycles. The van der Waals surface area contributed by atoms with Crippen LogP contribution in [0.4, 0.5) is 10.7 Å². The number of nitrogens with one attached hydrogen (secondary N) is 1. The Morgan fingerprint density at radius 1 is 1.45 bits per heavy atom. The van der Waals surface area contributed by atoms with Crippen LogP contribution in [0.1, 0.15) is 6.92 Å². The maximum absolute atomic E-state index is 11.2. The third-order valence-corrected chi connectivity index (χ3v) is 2.15. The normalized spacial score (nSPS) is 10.1. The first-order valence-corrected chi connectivity index (χ1v) is 5.62. The minimum atomic E-state index is -0.657. The molecule has 20 heavy (non-hydrogen) atoms. The number of nitrogens with zero attached hydrogens (tertiary/aromatic N) is 3. The number of amides is 1. The van der Waals surface area contributed by atoms with Gasteiger partial charge in [0.2, 0.25) is 0 Å². The van der Waals surface area contributed by atoms with Gasteiger partial charge in [0.25, 0.3) is 0 Å². The first-order valence-electron chi connectivity index (χ1n) is 5.62. The number of aromatic nitrogens is 2. The van der Waals surface area contributed by atoms with E-state index in [1.165, 1.54) is 24.5 Å². The van der Waals surface area contributed by atoms with Crippen molar-refractivity contribution in [2.45, 2.75) is 6.92 Å². The lowest BCUT2D eigenvalue weighted by molar-refractivity contribution is -0.401. The van der Waals surface area contributed by atoms with Crippen molar-refractivity contribution in [2.24, 2.45) is 0 Å².